The number of carboxylic acids is 1. The van der Waals surface area contributed by atoms with E-state index in [-0.39, 0.29) is 5.56 Å². The zero-order chi connectivity index (χ0) is 14.3. The highest BCUT2D eigenvalue weighted by Crippen LogP contribution is 2.27. The van der Waals surface area contributed by atoms with Crippen molar-refractivity contribution in [3.05, 3.63) is 52.5 Å². The minimum absolute atomic E-state index is 0.185. The van der Waals surface area contributed by atoms with Crippen LogP contribution in [-0.4, -0.2) is 16.1 Å². The quantitative estimate of drug-likeness (QED) is 0.769. The molecule has 0 spiro atoms. The number of aromatic nitrogens is 1. The molecular weight excluding hydrogens is 278 g/mol. The third kappa shape index (κ3) is 2.14. The average molecular weight is 288 g/mol. The molecule has 3 rings (SSSR count). The lowest BCUT2D eigenvalue weighted by Gasteiger charge is -1.99. The summed E-state index contributed by atoms with van der Waals surface area (Å²) in [5.74, 6) is -0.541. The molecule has 3 aromatic rings. The van der Waals surface area contributed by atoms with Crippen molar-refractivity contribution in [3.63, 3.8) is 0 Å². The van der Waals surface area contributed by atoms with Gasteiger partial charge in [0.2, 0.25) is 5.89 Å². The number of fused-ring (bicyclic) bond motifs is 1. The Balaban J connectivity index is 2.12. The number of benzene rings is 2. The van der Waals surface area contributed by atoms with Crippen LogP contribution in [0.3, 0.4) is 0 Å². The molecule has 0 saturated carbocycles. The number of aromatic carboxylic acids is 1. The Labute approximate surface area is 119 Å². The van der Waals surface area contributed by atoms with E-state index in [0.717, 1.165) is 11.1 Å². The Morgan fingerprint density at radius 2 is 2.05 bits per heavy atom. The lowest BCUT2D eigenvalue weighted by Crippen LogP contribution is -1.94. The molecule has 20 heavy (non-hydrogen) atoms. The van der Waals surface area contributed by atoms with Crippen molar-refractivity contribution in [2.24, 2.45) is 0 Å². The maximum atomic E-state index is 10.9. The van der Waals surface area contributed by atoms with Crippen LogP contribution in [0, 0.1) is 6.92 Å². The fourth-order valence-electron chi connectivity index (χ4n) is 1.96. The Bertz CT molecular complexity index is 823. The minimum Gasteiger partial charge on any atom is -0.478 e. The normalized spacial score (nSPS) is 10.9. The van der Waals surface area contributed by atoms with Gasteiger partial charge in [-0.05, 0) is 48.9 Å². The van der Waals surface area contributed by atoms with Gasteiger partial charge in [-0.2, -0.15) is 0 Å². The van der Waals surface area contributed by atoms with E-state index in [1.807, 2.05) is 19.1 Å². The van der Waals surface area contributed by atoms with E-state index in [0.29, 0.717) is 22.0 Å². The SMILES string of the molecule is Cc1cc(-c2nc3cc(C(=O)O)ccc3o2)ccc1Cl. The molecule has 0 saturated heterocycles. The van der Waals surface area contributed by atoms with Gasteiger partial charge in [0.05, 0.1) is 5.56 Å². The number of oxazole rings is 1. The van der Waals surface area contributed by atoms with E-state index in [1.54, 1.807) is 12.1 Å². The topological polar surface area (TPSA) is 63.3 Å². The largest absolute Gasteiger partial charge is 0.478 e. The number of nitrogens with zero attached hydrogens (tertiary/aromatic N) is 1. The van der Waals surface area contributed by atoms with Gasteiger partial charge in [0.25, 0.3) is 0 Å². The second kappa shape index (κ2) is 4.65. The number of aryl methyl sites for hydroxylation is 1. The second-order valence-electron chi connectivity index (χ2n) is 4.47. The van der Waals surface area contributed by atoms with E-state index in [9.17, 15) is 4.79 Å². The van der Waals surface area contributed by atoms with Crippen molar-refractivity contribution in [3.8, 4) is 11.5 Å². The van der Waals surface area contributed by atoms with Crippen LogP contribution in [0.1, 0.15) is 15.9 Å². The molecule has 4 nitrogen and oxygen atoms in total. The van der Waals surface area contributed by atoms with Crippen LogP contribution in [0.15, 0.2) is 40.8 Å². The highest BCUT2D eigenvalue weighted by Gasteiger charge is 2.11. The Hall–Kier alpha value is -2.33. The first-order valence-corrected chi connectivity index (χ1v) is 6.33. The van der Waals surface area contributed by atoms with E-state index < -0.39 is 5.97 Å². The van der Waals surface area contributed by atoms with Crippen LogP contribution in [0.5, 0.6) is 0 Å². The summed E-state index contributed by atoms with van der Waals surface area (Å²) in [6, 6.07) is 10.1. The van der Waals surface area contributed by atoms with E-state index >= 15 is 0 Å². The van der Waals surface area contributed by atoms with Crippen molar-refractivity contribution < 1.29 is 14.3 Å². The average Bonchev–Trinajstić information content (AvgIpc) is 2.84. The van der Waals surface area contributed by atoms with Crippen LogP contribution in [0.25, 0.3) is 22.6 Å². The van der Waals surface area contributed by atoms with Crippen molar-refractivity contribution in [2.75, 3.05) is 0 Å². The molecule has 0 aliphatic rings. The molecule has 1 aromatic heterocycles. The molecule has 0 radical (unpaired) electrons. The minimum atomic E-state index is -0.987. The fourth-order valence-corrected chi connectivity index (χ4v) is 2.08. The third-order valence-corrected chi connectivity index (χ3v) is 3.46. The summed E-state index contributed by atoms with van der Waals surface area (Å²) in [7, 11) is 0. The summed E-state index contributed by atoms with van der Waals surface area (Å²) in [6.07, 6.45) is 0. The molecule has 1 heterocycles. The number of carbonyl (C=O) groups is 1. The third-order valence-electron chi connectivity index (χ3n) is 3.04. The molecule has 0 aliphatic carbocycles. The zero-order valence-electron chi connectivity index (χ0n) is 10.6. The first-order valence-electron chi connectivity index (χ1n) is 5.95. The lowest BCUT2D eigenvalue weighted by atomic mass is 10.1. The molecule has 0 aliphatic heterocycles. The van der Waals surface area contributed by atoms with Gasteiger partial charge in [-0.15, -0.1) is 0 Å². The second-order valence-corrected chi connectivity index (χ2v) is 4.88. The summed E-state index contributed by atoms with van der Waals surface area (Å²) < 4.78 is 5.64. The highest BCUT2D eigenvalue weighted by molar-refractivity contribution is 6.31. The van der Waals surface area contributed by atoms with Crippen molar-refractivity contribution in [2.45, 2.75) is 6.92 Å². The molecular formula is C15H10ClNO3. The molecule has 100 valence electrons. The summed E-state index contributed by atoms with van der Waals surface area (Å²) in [6.45, 7) is 1.90. The van der Waals surface area contributed by atoms with E-state index in [2.05, 4.69) is 4.98 Å². The molecule has 0 amide bonds. The number of halogens is 1. The number of rotatable bonds is 2. The number of hydrogen-bond acceptors (Lipinski definition) is 3. The van der Waals surface area contributed by atoms with Gasteiger partial charge in [-0.1, -0.05) is 11.6 Å². The Kier molecular flexibility index (Phi) is 2.95. The Morgan fingerprint density at radius 1 is 1.25 bits per heavy atom. The molecule has 1 N–H and O–H groups in total. The predicted octanol–water partition coefficient (Wildman–Crippen LogP) is 4.15. The zero-order valence-corrected chi connectivity index (χ0v) is 11.3. The smallest absolute Gasteiger partial charge is 0.335 e. The maximum absolute atomic E-state index is 10.9. The van der Waals surface area contributed by atoms with Crippen molar-refractivity contribution in [1.29, 1.82) is 0 Å². The highest BCUT2D eigenvalue weighted by atomic mass is 35.5. The fraction of sp³-hybridized carbons (Fsp3) is 0.0667. The number of carboxylic acid groups (broad SMARTS) is 1. The molecule has 0 unspecified atom stereocenters. The van der Waals surface area contributed by atoms with Crippen LogP contribution in [-0.2, 0) is 0 Å². The van der Waals surface area contributed by atoms with Crippen LogP contribution < -0.4 is 0 Å². The van der Waals surface area contributed by atoms with Gasteiger partial charge >= 0.3 is 5.97 Å². The van der Waals surface area contributed by atoms with Gasteiger partial charge in [0.15, 0.2) is 5.58 Å². The molecule has 0 fully saturated rings. The van der Waals surface area contributed by atoms with Gasteiger partial charge < -0.3 is 9.52 Å². The molecule has 5 heteroatoms. The van der Waals surface area contributed by atoms with Crippen LogP contribution >= 0.6 is 11.6 Å². The monoisotopic (exact) mass is 287 g/mol. The Morgan fingerprint density at radius 3 is 2.75 bits per heavy atom. The van der Waals surface area contributed by atoms with Gasteiger partial charge in [-0.3, -0.25) is 0 Å². The van der Waals surface area contributed by atoms with Gasteiger partial charge in [-0.25, -0.2) is 9.78 Å². The van der Waals surface area contributed by atoms with Gasteiger partial charge in [0, 0.05) is 10.6 Å². The first-order chi connectivity index (χ1) is 9.54. The maximum Gasteiger partial charge on any atom is 0.335 e. The van der Waals surface area contributed by atoms with Crippen LogP contribution in [0.4, 0.5) is 0 Å². The predicted molar refractivity (Wildman–Crippen MR) is 76.2 cm³/mol. The summed E-state index contributed by atoms with van der Waals surface area (Å²) in [5.41, 5.74) is 2.99. The van der Waals surface area contributed by atoms with Crippen LogP contribution in [0.2, 0.25) is 5.02 Å². The lowest BCUT2D eigenvalue weighted by molar-refractivity contribution is 0.0697. The van der Waals surface area contributed by atoms with Gasteiger partial charge in [0.1, 0.15) is 5.52 Å². The van der Waals surface area contributed by atoms with Crippen molar-refractivity contribution in [1.82, 2.24) is 4.98 Å². The molecule has 0 bridgehead atoms. The van der Waals surface area contributed by atoms with E-state index in [1.165, 1.54) is 12.1 Å². The summed E-state index contributed by atoms with van der Waals surface area (Å²) in [5, 5.41) is 9.64. The summed E-state index contributed by atoms with van der Waals surface area (Å²) in [4.78, 5) is 15.3. The summed E-state index contributed by atoms with van der Waals surface area (Å²) >= 11 is 5.99. The first kappa shape index (κ1) is 12.7. The number of hydrogen-bond donors (Lipinski definition) is 1. The van der Waals surface area contributed by atoms with Crippen molar-refractivity contribution >= 4 is 28.7 Å². The molecule has 0 atom stereocenters. The molecule has 2 aromatic carbocycles. The standard InChI is InChI=1S/C15H10ClNO3/c1-8-6-9(2-4-11(8)16)14-17-12-7-10(15(18)19)3-5-13(12)20-14/h2-7H,1H3,(H,18,19). The van der Waals surface area contributed by atoms with E-state index in [4.69, 9.17) is 21.1 Å².